The Balaban J connectivity index is 2.18. The quantitative estimate of drug-likeness (QED) is 0.841. The first-order valence-corrected chi connectivity index (χ1v) is 7.69. The highest BCUT2D eigenvalue weighted by Crippen LogP contribution is 2.39. The molecule has 0 fully saturated rings. The fourth-order valence-corrected chi connectivity index (χ4v) is 2.95. The van der Waals surface area contributed by atoms with Crippen LogP contribution in [-0.2, 0) is 6.54 Å². The number of aryl methyl sites for hydroxylation is 3. The molecule has 0 saturated heterocycles. The van der Waals surface area contributed by atoms with Crippen molar-refractivity contribution in [3.63, 3.8) is 0 Å². The normalized spacial score (nSPS) is 17.7. The molecule has 4 heteroatoms. The number of nitrogens with zero attached hydrogens (tertiary/aromatic N) is 3. The van der Waals surface area contributed by atoms with Crippen LogP contribution in [0.25, 0.3) is 11.3 Å². The Morgan fingerprint density at radius 1 is 1.29 bits per heavy atom. The number of hydrogen-bond acceptors (Lipinski definition) is 3. The van der Waals surface area contributed by atoms with Gasteiger partial charge in [-0.3, -0.25) is 4.98 Å². The van der Waals surface area contributed by atoms with Crippen molar-refractivity contribution in [2.75, 3.05) is 0 Å². The fraction of sp³-hybridized carbons (Fsp3) is 0.529. The van der Waals surface area contributed by atoms with Gasteiger partial charge in [-0.1, -0.05) is 13.8 Å². The molecule has 4 nitrogen and oxygen atoms in total. The number of ether oxygens (including phenoxy) is 1. The SMILES string of the molecule is Cc1ccc(-c2nn3c(c2C(C)C)O[C@H](C)CC3)c(C)n1. The van der Waals surface area contributed by atoms with Crippen molar-refractivity contribution >= 4 is 0 Å². The zero-order valence-corrected chi connectivity index (χ0v) is 13.5. The highest BCUT2D eigenvalue weighted by atomic mass is 16.5. The van der Waals surface area contributed by atoms with Gasteiger partial charge in [-0.15, -0.1) is 0 Å². The van der Waals surface area contributed by atoms with E-state index in [9.17, 15) is 0 Å². The first-order chi connectivity index (χ1) is 9.97. The van der Waals surface area contributed by atoms with E-state index in [2.05, 4.69) is 31.8 Å². The Morgan fingerprint density at radius 3 is 2.71 bits per heavy atom. The van der Waals surface area contributed by atoms with E-state index in [-0.39, 0.29) is 6.10 Å². The monoisotopic (exact) mass is 285 g/mol. The van der Waals surface area contributed by atoms with Crippen molar-refractivity contribution in [2.24, 2.45) is 0 Å². The molecule has 3 heterocycles. The van der Waals surface area contributed by atoms with Crippen molar-refractivity contribution < 1.29 is 4.74 Å². The number of aromatic nitrogens is 3. The standard InChI is InChI=1S/C17H23N3O/c1-10(2)15-16(14-7-6-11(3)18-13(14)5)19-20-9-8-12(4)21-17(15)20/h6-7,10,12H,8-9H2,1-5H3/t12-/m1/s1. The van der Waals surface area contributed by atoms with Gasteiger partial charge < -0.3 is 4.74 Å². The lowest BCUT2D eigenvalue weighted by Crippen LogP contribution is -2.23. The Bertz CT molecular complexity index is 673. The fourth-order valence-electron chi connectivity index (χ4n) is 2.95. The lowest BCUT2D eigenvalue weighted by molar-refractivity contribution is 0.147. The van der Waals surface area contributed by atoms with Crippen LogP contribution in [0.1, 0.15) is 50.1 Å². The van der Waals surface area contributed by atoms with Crippen LogP contribution in [0, 0.1) is 13.8 Å². The summed E-state index contributed by atoms with van der Waals surface area (Å²) in [6, 6.07) is 4.18. The van der Waals surface area contributed by atoms with Gasteiger partial charge in [0.25, 0.3) is 0 Å². The van der Waals surface area contributed by atoms with Crippen LogP contribution in [0.5, 0.6) is 5.88 Å². The second kappa shape index (κ2) is 5.17. The van der Waals surface area contributed by atoms with Crippen molar-refractivity contribution in [2.45, 2.75) is 59.6 Å². The van der Waals surface area contributed by atoms with Gasteiger partial charge in [0.1, 0.15) is 5.69 Å². The number of hydrogen-bond donors (Lipinski definition) is 0. The van der Waals surface area contributed by atoms with Crippen molar-refractivity contribution in [1.82, 2.24) is 14.8 Å². The summed E-state index contributed by atoms with van der Waals surface area (Å²) in [5.74, 6) is 1.31. The molecule has 0 unspecified atom stereocenters. The third-order valence-corrected chi connectivity index (χ3v) is 4.06. The zero-order valence-electron chi connectivity index (χ0n) is 13.5. The average Bonchev–Trinajstić information content (AvgIpc) is 2.76. The first-order valence-electron chi connectivity index (χ1n) is 7.69. The van der Waals surface area contributed by atoms with Crippen molar-refractivity contribution in [3.05, 3.63) is 29.1 Å². The molecule has 0 saturated carbocycles. The molecular weight excluding hydrogens is 262 g/mol. The smallest absolute Gasteiger partial charge is 0.216 e. The summed E-state index contributed by atoms with van der Waals surface area (Å²) < 4.78 is 8.09. The lowest BCUT2D eigenvalue weighted by atomic mass is 9.98. The summed E-state index contributed by atoms with van der Waals surface area (Å²) in [6.45, 7) is 11.5. The van der Waals surface area contributed by atoms with Gasteiger partial charge in [-0.25, -0.2) is 4.68 Å². The number of pyridine rings is 1. The Kier molecular flexibility index (Phi) is 3.47. The maximum absolute atomic E-state index is 6.07. The first kappa shape index (κ1) is 14.1. The van der Waals surface area contributed by atoms with E-state index in [1.165, 1.54) is 5.56 Å². The third-order valence-electron chi connectivity index (χ3n) is 4.06. The summed E-state index contributed by atoms with van der Waals surface area (Å²) in [5.41, 5.74) is 5.41. The molecule has 2 aromatic rings. The Hall–Kier alpha value is -1.84. The van der Waals surface area contributed by atoms with E-state index in [4.69, 9.17) is 9.84 Å². The van der Waals surface area contributed by atoms with Crippen molar-refractivity contribution in [1.29, 1.82) is 0 Å². The van der Waals surface area contributed by atoms with Crippen LogP contribution in [0.2, 0.25) is 0 Å². The van der Waals surface area contributed by atoms with Gasteiger partial charge in [0.05, 0.1) is 6.10 Å². The highest BCUT2D eigenvalue weighted by Gasteiger charge is 2.27. The van der Waals surface area contributed by atoms with Crippen LogP contribution in [0.4, 0.5) is 0 Å². The van der Waals surface area contributed by atoms with Crippen LogP contribution >= 0.6 is 0 Å². The Morgan fingerprint density at radius 2 is 2.05 bits per heavy atom. The van der Waals surface area contributed by atoms with Crippen LogP contribution in [-0.4, -0.2) is 20.9 Å². The molecule has 2 aromatic heterocycles. The minimum Gasteiger partial charge on any atom is -0.475 e. The summed E-state index contributed by atoms with van der Waals surface area (Å²) in [4.78, 5) is 4.58. The largest absolute Gasteiger partial charge is 0.475 e. The summed E-state index contributed by atoms with van der Waals surface area (Å²) in [5, 5.41) is 4.82. The molecule has 0 aromatic carbocycles. The van der Waals surface area contributed by atoms with E-state index in [0.29, 0.717) is 5.92 Å². The topological polar surface area (TPSA) is 39.9 Å². The van der Waals surface area contributed by atoms with Crippen LogP contribution in [0.3, 0.4) is 0 Å². The molecular formula is C17H23N3O. The predicted octanol–water partition coefficient (Wildman–Crippen LogP) is 3.86. The second-order valence-electron chi connectivity index (χ2n) is 6.25. The van der Waals surface area contributed by atoms with Crippen molar-refractivity contribution in [3.8, 4) is 17.1 Å². The molecule has 1 aliphatic heterocycles. The van der Waals surface area contributed by atoms with E-state index in [1.807, 2.05) is 24.6 Å². The number of fused-ring (bicyclic) bond motifs is 1. The molecule has 1 aliphatic rings. The van der Waals surface area contributed by atoms with Gasteiger partial charge in [0.2, 0.25) is 5.88 Å². The third kappa shape index (κ3) is 2.43. The molecule has 1 atom stereocenters. The molecule has 0 radical (unpaired) electrons. The molecule has 21 heavy (non-hydrogen) atoms. The number of rotatable bonds is 2. The molecule has 0 aliphatic carbocycles. The van der Waals surface area contributed by atoms with Gasteiger partial charge in [-0.2, -0.15) is 5.10 Å². The van der Waals surface area contributed by atoms with Gasteiger partial charge in [0.15, 0.2) is 0 Å². The maximum atomic E-state index is 6.07. The molecule has 112 valence electrons. The van der Waals surface area contributed by atoms with Gasteiger partial charge in [-0.05, 0) is 38.8 Å². The molecule has 0 amide bonds. The van der Waals surface area contributed by atoms with Crippen LogP contribution in [0.15, 0.2) is 12.1 Å². The molecule has 0 N–H and O–H groups in total. The Labute approximate surface area is 126 Å². The summed E-state index contributed by atoms with van der Waals surface area (Å²) in [6.07, 6.45) is 1.27. The van der Waals surface area contributed by atoms with E-state index in [0.717, 1.165) is 41.5 Å². The minimum absolute atomic E-state index is 0.261. The van der Waals surface area contributed by atoms with E-state index >= 15 is 0 Å². The zero-order chi connectivity index (χ0) is 15.1. The predicted molar refractivity (Wildman–Crippen MR) is 83.7 cm³/mol. The summed E-state index contributed by atoms with van der Waals surface area (Å²) in [7, 11) is 0. The average molecular weight is 285 g/mol. The van der Waals surface area contributed by atoms with E-state index in [1.54, 1.807) is 0 Å². The van der Waals surface area contributed by atoms with Gasteiger partial charge in [0, 0.05) is 35.5 Å². The molecule has 0 bridgehead atoms. The van der Waals surface area contributed by atoms with E-state index < -0.39 is 0 Å². The highest BCUT2D eigenvalue weighted by molar-refractivity contribution is 5.68. The molecule has 0 spiro atoms. The summed E-state index contributed by atoms with van der Waals surface area (Å²) >= 11 is 0. The second-order valence-corrected chi connectivity index (χ2v) is 6.25. The van der Waals surface area contributed by atoms with Gasteiger partial charge >= 0.3 is 0 Å². The maximum Gasteiger partial charge on any atom is 0.216 e. The van der Waals surface area contributed by atoms with Crippen LogP contribution < -0.4 is 4.74 Å². The minimum atomic E-state index is 0.261. The molecule has 3 rings (SSSR count). The lowest BCUT2D eigenvalue weighted by Gasteiger charge is -2.23.